The van der Waals surface area contributed by atoms with E-state index in [1.54, 1.807) is 6.07 Å². The van der Waals surface area contributed by atoms with Crippen molar-refractivity contribution in [1.82, 2.24) is 0 Å². The van der Waals surface area contributed by atoms with Gasteiger partial charge in [0.1, 0.15) is 11.5 Å². The maximum Gasteiger partial charge on any atom is 0.230 e. The minimum atomic E-state index is -1.26. The van der Waals surface area contributed by atoms with Crippen molar-refractivity contribution in [3.05, 3.63) is 29.8 Å². The molecule has 94 valence electrons. The SMILES string of the molecule is NCc1ccccc1OCCS(=O)CC(N)=O. The van der Waals surface area contributed by atoms with Crippen molar-refractivity contribution in [3.8, 4) is 5.75 Å². The van der Waals surface area contributed by atoms with Crippen LogP contribution in [0.1, 0.15) is 5.56 Å². The van der Waals surface area contributed by atoms with Crippen LogP contribution in [0, 0.1) is 0 Å². The van der Waals surface area contributed by atoms with Crippen molar-refractivity contribution >= 4 is 16.7 Å². The van der Waals surface area contributed by atoms with Gasteiger partial charge in [0.15, 0.2) is 0 Å². The zero-order valence-corrected chi connectivity index (χ0v) is 10.2. The number of rotatable bonds is 7. The quantitative estimate of drug-likeness (QED) is 0.703. The summed E-state index contributed by atoms with van der Waals surface area (Å²) in [4.78, 5) is 10.5. The van der Waals surface area contributed by atoms with Crippen LogP contribution in [0.25, 0.3) is 0 Å². The second kappa shape index (κ2) is 7.03. The average molecular weight is 256 g/mol. The molecule has 1 unspecified atom stereocenters. The fraction of sp³-hybridized carbons (Fsp3) is 0.364. The monoisotopic (exact) mass is 256 g/mol. The minimum absolute atomic E-state index is 0.123. The maximum absolute atomic E-state index is 11.3. The summed E-state index contributed by atoms with van der Waals surface area (Å²) in [6, 6.07) is 7.39. The summed E-state index contributed by atoms with van der Waals surface area (Å²) in [6.45, 7) is 0.664. The third kappa shape index (κ3) is 4.97. The fourth-order valence-electron chi connectivity index (χ4n) is 1.29. The molecular weight excluding hydrogens is 240 g/mol. The Kier molecular flexibility index (Phi) is 5.65. The Bertz CT molecular complexity index is 409. The summed E-state index contributed by atoms with van der Waals surface area (Å²) >= 11 is 0. The molecule has 0 radical (unpaired) electrons. The fourth-order valence-corrected chi connectivity index (χ4v) is 2.02. The van der Waals surface area contributed by atoms with E-state index in [0.29, 0.717) is 12.3 Å². The smallest absolute Gasteiger partial charge is 0.230 e. The summed E-state index contributed by atoms with van der Waals surface area (Å²) < 4.78 is 16.8. The summed E-state index contributed by atoms with van der Waals surface area (Å²) in [5.74, 6) is 0.278. The van der Waals surface area contributed by atoms with Gasteiger partial charge >= 0.3 is 0 Å². The molecule has 1 aromatic carbocycles. The Balaban J connectivity index is 2.40. The Labute approximate surface area is 103 Å². The van der Waals surface area contributed by atoms with Gasteiger partial charge < -0.3 is 16.2 Å². The number of nitrogens with two attached hydrogens (primary N) is 2. The first-order chi connectivity index (χ1) is 8.13. The van der Waals surface area contributed by atoms with Crippen LogP contribution in [-0.4, -0.2) is 28.2 Å². The van der Waals surface area contributed by atoms with E-state index in [1.165, 1.54) is 0 Å². The first-order valence-corrected chi connectivity index (χ1v) is 6.66. The first-order valence-electron chi connectivity index (χ1n) is 5.17. The maximum atomic E-state index is 11.3. The van der Waals surface area contributed by atoms with Crippen molar-refractivity contribution in [2.24, 2.45) is 11.5 Å². The molecule has 0 aliphatic heterocycles. The molecule has 0 aliphatic carbocycles. The molecule has 0 aromatic heterocycles. The third-order valence-electron chi connectivity index (χ3n) is 2.06. The Morgan fingerprint density at radius 3 is 2.71 bits per heavy atom. The molecule has 1 amide bonds. The van der Waals surface area contributed by atoms with Crippen molar-refractivity contribution < 1.29 is 13.7 Å². The molecule has 4 N–H and O–H groups in total. The van der Waals surface area contributed by atoms with Gasteiger partial charge in [0.2, 0.25) is 5.91 Å². The molecule has 0 spiro atoms. The Morgan fingerprint density at radius 1 is 1.35 bits per heavy atom. The average Bonchev–Trinajstić information content (AvgIpc) is 2.28. The molecule has 1 aromatic rings. The Hall–Kier alpha value is -1.40. The van der Waals surface area contributed by atoms with Gasteiger partial charge in [0.25, 0.3) is 0 Å². The highest BCUT2D eigenvalue weighted by molar-refractivity contribution is 7.85. The number of carbonyl (C=O) groups excluding carboxylic acids is 1. The first kappa shape index (κ1) is 13.7. The summed E-state index contributed by atoms with van der Waals surface area (Å²) in [5.41, 5.74) is 11.4. The Morgan fingerprint density at radius 2 is 2.06 bits per heavy atom. The number of ether oxygens (including phenoxy) is 1. The molecule has 0 fully saturated rings. The highest BCUT2D eigenvalue weighted by Crippen LogP contribution is 2.16. The van der Waals surface area contributed by atoms with E-state index in [-0.39, 0.29) is 18.1 Å². The van der Waals surface area contributed by atoms with Crippen LogP contribution in [0.4, 0.5) is 0 Å². The highest BCUT2D eigenvalue weighted by atomic mass is 32.2. The molecule has 0 heterocycles. The lowest BCUT2D eigenvalue weighted by Gasteiger charge is -2.09. The normalized spacial score (nSPS) is 12.1. The number of hydrogen-bond donors (Lipinski definition) is 2. The molecule has 1 atom stereocenters. The third-order valence-corrected chi connectivity index (χ3v) is 3.29. The van der Waals surface area contributed by atoms with Gasteiger partial charge in [-0.15, -0.1) is 0 Å². The van der Waals surface area contributed by atoms with Gasteiger partial charge in [0.05, 0.1) is 12.4 Å². The van der Waals surface area contributed by atoms with Crippen molar-refractivity contribution in [1.29, 1.82) is 0 Å². The number of carbonyl (C=O) groups is 1. The predicted molar refractivity (Wildman–Crippen MR) is 66.9 cm³/mol. The zero-order valence-electron chi connectivity index (χ0n) is 9.43. The molecular formula is C11H16N2O3S. The van der Waals surface area contributed by atoms with Gasteiger partial charge in [0, 0.05) is 22.9 Å². The van der Waals surface area contributed by atoms with E-state index in [2.05, 4.69) is 0 Å². The second-order valence-corrected chi connectivity index (χ2v) is 4.99. The van der Waals surface area contributed by atoms with Crippen molar-refractivity contribution in [2.45, 2.75) is 6.54 Å². The van der Waals surface area contributed by atoms with Crippen LogP contribution in [0.5, 0.6) is 5.75 Å². The van der Waals surface area contributed by atoms with E-state index in [9.17, 15) is 9.00 Å². The molecule has 0 saturated carbocycles. The highest BCUT2D eigenvalue weighted by Gasteiger charge is 2.05. The lowest BCUT2D eigenvalue weighted by atomic mass is 10.2. The van der Waals surface area contributed by atoms with Gasteiger partial charge in [-0.1, -0.05) is 18.2 Å². The summed E-state index contributed by atoms with van der Waals surface area (Å²) in [5, 5.41) is 0. The summed E-state index contributed by atoms with van der Waals surface area (Å²) in [6.07, 6.45) is 0. The van der Waals surface area contributed by atoms with Gasteiger partial charge in [-0.3, -0.25) is 9.00 Å². The van der Waals surface area contributed by atoms with Crippen LogP contribution in [0.15, 0.2) is 24.3 Å². The molecule has 0 saturated heterocycles. The molecule has 1 rings (SSSR count). The number of primary amides is 1. The van der Waals surface area contributed by atoms with Crippen LogP contribution >= 0.6 is 0 Å². The van der Waals surface area contributed by atoms with Gasteiger partial charge in [-0.25, -0.2) is 0 Å². The lowest BCUT2D eigenvalue weighted by Crippen LogP contribution is -2.22. The van der Waals surface area contributed by atoms with E-state index in [4.69, 9.17) is 16.2 Å². The van der Waals surface area contributed by atoms with E-state index in [0.717, 1.165) is 5.56 Å². The number of benzene rings is 1. The standard InChI is InChI=1S/C11H16N2O3S/c12-7-9-3-1-2-4-10(9)16-5-6-17(15)8-11(13)14/h1-4H,5-8,12H2,(H2,13,14). The minimum Gasteiger partial charge on any atom is -0.492 e. The van der Waals surface area contributed by atoms with Crippen LogP contribution in [-0.2, 0) is 22.1 Å². The largest absolute Gasteiger partial charge is 0.492 e. The lowest BCUT2D eigenvalue weighted by molar-refractivity contribution is -0.115. The number of para-hydroxylation sites is 1. The molecule has 6 heteroatoms. The van der Waals surface area contributed by atoms with Crippen LogP contribution in [0.3, 0.4) is 0 Å². The molecule has 0 aliphatic rings. The second-order valence-electron chi connectivity index (χ2n) is 3.41. The molecule has 0 bridgehead atoms. The van der Waals surface area contributed by atoms with E-state index >= 15 is 0 Å². The van der Waals surface area contributed by atoms with E-state index in [1.807, 2.05) is 18.2 Å². The van der Waals surface area contributed by atoms with Crippen LogP contribution in [0.2, 0.25) is 0 Å². The number of amides is 1. The van der Waals surface area contributed by atoms with Gasteiger partial charge in [-0.2, -0.15) is 0 Å². The van der Waals surface area contributed by atoms with Crippen LogP contribution < -0.4 is 16.2 Å². The van der Waals surface area contributed by atoms with E-state index < -0.39 is 16.7 Å². The zero-order chi connectivity index (χ0) is 12.7. The predicted octanol–water partition coefficient (Wildman–Crippen LogP) is -0.242. The van der Waals surface area contributed by atoms with Crippen molar-refractivity contribution in [2.75, 3.05) is 18.1 Å². The topological polar surface area (TPSA) is 95.4 Å². The molecule has 17 heavy (non-hydrogen) atoms. The number of hydrogen-bond acceptors (Lipinski definition) is 4. The van der Waals surface area contributed by atoms with Crippen molar-refractivity contribution in [3.63, 3.8) is 0 Å². The summed E-state index contributed by atoms with van der Waals surface area (Å²) in [7, 11) is -1.26. The molecule has 5 nitrogen and oxygen atoms in total. The van der Waals surface area contributed by atoms with Gasteiger partial charge in [-0.05, 0) is 6.07 Å².